The van der Waals surface area contributed by atoms with E-state index in [1.54, 1.807) is 24.3 Å². The molecule has 0 aliphatic carbocycles. The molecule has 4 rings (SSSR count). The molecule has 2 N–H and O–H groups in total. The molecule has 0 fully saturated rings. The predicted octanol–water partition coefficient (Wildman–Crippen LogP) is 3.52. The van der Waals surface area contributed by atoms with Gasteiger partial charge in [0.25, 0.3) is 0 Å². The summed E-state index contributed by atoms with van der Waals surface area (Å²) in [6, 6.07) is 14.2. The maximum Gasteiger partial charge on any atom is 0.249 e. The van der Waals surface area contributed by atoms with E-state index in [1.165, 1.54) is 16.8 Å². The Kier molecular flexibility index (Phi) is 4.19. The average molecular weight is 364 g/mol. The number of fused-ring (bicyclic) bond motifs is 1. The van der Waals surface area contributed by atoms with Gasteiger partial charge in [0.05, 0.1) is 12.1 Å². The highest BCUT2D eigenvalue weighted by molar-refractivity contribution is 6.02. The zero-order valence-electron chi connectivity index (χ0n) is 14.6. The fourth-order valence-corrected chi connectivity index (χ4v) is 3.17. The summed E-state index contributed by atoms with van der Waals surface area (Å²) < 4.78 is 14.8. The smallest absolute Gasteiger partial charge is 0.249 e. The minimum absolute atomic E-state index is 0.00432. The van der Waals surface area contributed by atoms with Gasteiger partial charge in [0.15, 0.2) is 0 Å². The first-order valence-electron chi connectivity index (χ1n) is 8.54. The number of carbonyl (C=O) groups is 2. The average Bonchev–Trinajstić information content (AvgIpc) is 2.99. The summed E-state index contributed by atoms with van der Waals surface area (Å²) >= 11 is 0. The van der Waals surface area contributed by atoms with Crippen LogP contribution in [0.15, 0.2) is 54.6 Å². The normalized spacial score (nSPS) is 15.8. The Labute approximate surface area is 155 Å². The van der Waals surface area contributed by atoms with Crippen LogP contribution in [0.4, 0.5) is 15.9 Å². The number of nitrogens with one attached hydrogen (secondary N) is 2. The number of anilines is 2. The van der Waals surface area contributed by atoms with Crippen molar-refractivity contribution in [3.05, 3.63) is 66.0 Å². The SMILES string of the molecule is Cc1c(-c2ccc(F)cc2)nn2c1NC(=O)C[C@H]2C(=O)Nc1ccccc1. The van der Waals surface area contributed by atoms with Gasteiger partial charge in [-0.1, -0.05) is 18.2 Å². The van der Waals surface area contributed by atoms with Crippen molar-refractivity contribution in [3.8, 4) is 11.3 Å². The van der Waals surface area contributed by atoms with Crippen LogP contribution in [0, 0.1) is 12.7 Å². The molecule has 3 aromatic rings. The van der Waals surface area contributed by atoms with Crippen molar-refractivity contribution in [2.45, 2.75) is 19.4 Å². The van der Waals surface area contributed by atoms with E-state index in [0.29, 0.717) is 22.8 Å². The quantitative estimate of drug-likeness (QED) is 0.747. The lowest BCUT2D eigenvalue weighted by molar-refractivity contribution is -0.125. The van der Waals surface area contributed by atoms with Gasteiger partial charge in [0, 0.05) is 16.8 Å². The minimum atomic E-state index is -0.762. The highest BCUT2D eigenvalue weighted by atomic mass is 19.1. The monoisotopic (exact) mass is 364 g/mol. The molecule has 0 saturated carbocycles. The largest absolute Gasteiger partial charge is 0.324 e. The second-order valence-corrected chi connectivity index (χ2v) is 6.40. The molecular formula is C20H17FN4O2. The molecule has 1 aliphatic heterocycles. The third kappa shape index (κ3) is 3.19. The molecule has 27 heavy (non-hydrogen) atoms. The maximum absolute atomic E-state index is 13.2. The topological polar surface area (TPSA) is 76.0 Å². The van der Waals surface area contributed by atoms with Crippen LogP contribution in [0.25, 0.3) is 11.3 Å². The maximum atomic E-state index is 13.2. The Morgan fingerprint density at radius 1 is 1.19 bits per heavy atom. The summed E-state index contributed by atoms with van der Waals surface area (Å²) in [5.74, 6) is -0.414. The number of amides is 2. The van der Waals surface area contributed by atoms with Gasteiger partial charge < -0.3 is 10.6 Å². The molecule has 1 atom stereocenters. The number of para-hydroxylation sites is 1. The molecule has 1 aromatic heterocycles. The Balaban J connectivity index is 1.71. The van der Waals surface area contributed by atoms with Crippen LogP contribution in [-0.4, -0.2) is 21.6 Å². The molecule has 0 saturated heterocycles. The lowest BCUT2D eigenvalue weighted by atomic mass is 10.1. The first kappa shape index (κ1) is 17.0. The number of carbonyl (C=O) groups excluding carboxylic acids is 2. The third-order valence-electron chi connectivity index (χ3n) is 4.54. The van der Waals surface area contributed by atoms with E-state index < -0.39 is 6.04 Å². The van der Waals surface area contributed by atoms with Gasteiger partial charge in [0.2, 0.25) is 11.8 Å². The minimum Gasteiger partial charge on any atom is -0.324 e. The number of aromatic nitrogens is 2. The molecule has 1 aliphatic rings. The Morgan fingerprint density at radius 2 is 1.89 bits per heavy atom. The van der Waals surface area contributed by atoms with Gasteiger partial charge in [0.1, 0.15) is 17.7 Å². The predicted molar refractivity (Wildman–Crippen MR) is 99.7 cm³/mol. The fourth-order valence-electron chi connectivity index (χ4n) is 3.17. The van der Waals surface area contributed by atoms with Gasteiger partial charge >= 0.3 is 0 Å². The number of nitrogens with zero attached hydrogens (tertiary/aromatic N) is 2. The van der Waals surface area contributed by atoms with Gasteiger partial charge in [-0.2, -0.15) is 5.10 Å². The zero-order valence-corrected chi connectivity index (χ0v) is 14.6. The first-order valence-corrected chi connectivity index (χ1v) is 8.54. The third-order valence-corrected chi connectivity index (χ3v) is 4.54. The van der Waals surface area contributed by atoms with E-state index in [2.05, 4.69) is 15.7 Å². The second kappa shape index (κ2) is 6.68. The highest BCUT2D eigenvalue weighted by Gasteiger charge is 2.34. The van der Waals surface area contributed by atoms with E-state index in [0.717, 1.165) is 5.56 Å². The Morgan fingerprint density at radius 3 is 2.59 bits per heavy atom. The van der Waals surface area contributed by atoms with Crippen molar-refractivity contribution in [2.24, 2.45) is 0 Å². The summed E-state index contributed by atoms with van der Waals surface area (Å²) in [4.78, 5) is 24.9. The summed E-state index contributed by atoms with van der Waals surface area (Å²) in [6.07, 6.45) is -0.00432. The van der Waals surface area contributed by atoms with E-state index in [9.17, 15) is 14.0 Å². The van der Waals surface area contributed by atoms with Crippen molar-refractivity contribution in [1.29, 1.82) is 0 Å². The second-order valence-electron chi connectivity index (χ2n) is 6.40. The molecule has 2 amide bonds. The van der Waals surface area contributed by atoms with Crippen molar-refractivity contribution in [2.75, 3.05) is 10.6 Å². The fraction of sp³-hybridized carbons (Fsp3) is 0.150. The van der Waals surface area contributed by atoms with E-state index in [-0.39, 0.29) is 24.1 Å². The summed E-state index contributed by atoms with van der Waals surface area (Å²) in [5.41, 5.74) is 2.70. The number of hydrogen-bond donors (Lipinski definition) is 2. The van der Waals surface area contributed by atoms with Crippen molar-refractivity contribution in [1.82, 2.24) is 9.78 Å². The molecule has 0 unspecified atom stereocenters. The molecule has 2 aromatic carbocycles. The Hall–Kier alpha value is -3.48. The molecule has 2 heterocycles. The number of halogens is 1. The van der Waals surface area contributed by atoms with E-state index in [1.807, 2.05) is 25.1 Å². The van der Waals surface area contributed by atoms with Crippen molar-refractivity contribution < 1.29 is 14.0 Å². The van der Waals surface area contributed by atoms with Crippen LogP contribution in [0.1, 0.15) is 18.0 Å². The number of rotatable bonds is 3. The summed E-state index contributed by atoms with van der Waals surface area (Å²) in [6.45, 7) is 1.81. The molecule has 6 nitrogen and oxygen atoms in total. The molecule has 7 heteroatoms. The van der Waals surface area contributed by atoms with E-state index in [4.69, 9.17) is 0 Å². The molecule has 0 bridgehead atoms. The van der Waals surface area contributed by atoms with Crippen LogP contribution >= 0.6 is 0 Å². The number of hydrogen-bond acceptors (Lipinski definition) is 3. The van der Waals surface area contributed by atoms with Crippen LogP contribution in [0.5, 0.6) is 0 Å². The lowest BCUT2D eigenvalue weighted by Crippen LogP contribution is -2.35. The Bertz CT molecular complexity index is 1010. The summed E-state index contributed by atoms with van der Waals surface area (Å²) in [7, 11) is 0. The van der Waals surface area contributed by atoms with Crippen LogP contribution in [0.3, 0.4) is 0 Å². The van der Waals surface area contributed by atoms with Gasteiger partial charge in [-0.15, -0.1) is 0 Å². The first-order chi connectivity index (χ1) is 13.0. The van der Waals surface area contributed by atoms with Crippen LogP contribution in [-0.2, 0) is 9.59 Å². The molecular weight excluding hydrogens is 347 g/mol. The standard InChI is InChI=1S/C20H17FN4O2/c1-12-18(13-7-9-14(21)10-8-13)24-25-16(11-17(26)23-19(12)25)20(27)22-15-5-3-2-4-6-15/h2-10,16H,11H2,1H3,(H,22,27)(H,23,26)/t16-/m0/s1. The van der Waals surface area contributed by atoms with Crippen LogP contribution in [0.2, 0.25) is 0 Å². The van der Waals surface area contributed by atoms with Crippen molar-refractivity contribution in [3.63, 3.8) is 0 Å². The number of benzene rings is 2. The van der Waals surface area contributed by atoms with Gasteiger partial charge in [-0.05, 0) is 43.3 Å². The van der Waals surface area contributed by atoms with E-state index >= 15 is 0 Å². The molecule has 0 spiro atoms. The zero-order chi connectivity index (χ0) is 19.0. The van der Waals surface area contributed by atoms with Crippen LogP contribution < -0.4 is 10.6 Å². The van der Waals surface area contributed by atoms with Gasteiger partial charge in [-0.3, -0.25) is 9.59 Å². The summed E-state index contributed by atoms with van der Waals surface area (Å²) in [5, 5.41) is 10.2. The van der Waals surface area contributed by atoms with Gasteiger partial charge in [-0.25, -0.2) is 9.07 Å². The lowest BCUT2D eigenvalue weighted by Gasteiger charge is -2.24. The van der Waals surface area contributed by atoms with Crippen molar-refractivity contribution >= 4 is 23.3 Å². The molecule has 0 radical (unpaired) electrons. The highest BCUT2D eigenvalue weighted by Crippen LogP contribution is 2.34. The molecule has 136 valence electrons.